The average molecular weight is 367 g/mol. The van der Waals surface area contributed by atoms with Gasteiger partial charge in [0.1, 0.15) is 5.82 Å². The number of fused-ring (bicyclic) bond motifs is 1. The van der Waals surface area contributed by atoms with E-state index in [-0.39, 0.29) is 5.91 Å². The third-order valence-corrected chi connectivity index (χ3v) is 5.05. The monoisotopic (exact) mass is 366 g/mol. The number of anilines is 1. The highest BCUT2D eigenvalue weighted by Gasteiger charge is 2.22. The van der Waals surface area contributed by atoms with Gasteiger partial charge in [0.25, 0.3) is 0 Å². The molecule has 1 aromatic heterocycles. The zero-order valence-electron chi connectivity index (χ0n) is 14.5. The number of hydrogen-bond acceptors (Lipinski definition) is 4. The fourth-order valence-electron chi connectivity index (χ4n) is 3.30. The number of amides is 1. The number of aromatic nitrogens is 2. The third-order valence-electron chi connectivity index (χ3n) is 4.72. The molecule has 3 aromatic rings. The molecule has 0 radical (unpaired) electrons. The van der Waals surface area contributed by atoms with Crippen LogP contribution in [0.15, 0.2) is 48.5 Å². The van der Waals surface area contributed by atoms with E-state index in [1.54, 1.807) is 6.92 Å². The molecule has 2 aromatic carbocycles. The SMILES string of the molecule is CC(=O)N1CCN(c2nc(-c3ccccc3Cl)nc3ccccc23)CC1. The standard InChI is InChI=1S/C20H19ClN4O/c1-14(26)24-10-12-25(13-11-24)20-16-7-3-5-9-18(16)22-19(23-20)15-6-2-4-8-17(15)21/h2-9H,10-13H2,1H3. The number of hydrogen-bond donors (Lipinski definition) is 0. The zero-order valence-corrected chi connectivity index (χ0v) is 15.3. The first kappa shape index (κ1) is 16.8. The molecule has 4 rings (SSSR count). The van der Waals surface area contributed by atoms with Crippen LogP contribution in [0.5, 0.6) is 0 Å². The summed E-state index contributed by atoms with van der Waals surface area (Å²) in [6, 6.07) is 15.6. The van der Waals surface area contributed by atoms with Crippen molar-refractivity contribution in [3.8, 4) is 11.4 Å². The van der Waals surface area contributed by atoms with E-state index >= 15 is 0 Å². The second kappa shape index (κ2) is 6.92. The Morgan fingerprint density at radius 3 is 2.38 bits per heavy atom. The Morgan fingerprint density at radius 1 is 0.962 bits per heavy atom. The Kier molecular flexibility index (Phi) is 4.47. The number of carbonyl (C=O) groups excluding carboxylic acids is 1. The number of piperazine rings is 1. The van der Waals surface area contributed by atoms with E-state index in [2.05, 4.69) is 4.90 Å². The van der Waals surface area contributed by atoms with Gasteiger partial charge in [-0.3, -0.25) is 4.79 Å². The van der Waals surface area contributed by atoms with Crippen LogP contribution < -0.4 is 4.90 Å². The molecule has 5 nitrogen and oxygen atoms in total. The largest absolute Gasteiger partial charge is 0.352 e. The van der Waals surface area contributed by atoms with Gasteiger partial charge in [0.2, 0.25) is 5.91 Å². The van der Waals surface area contributed by atoms with E-state index in [0.717, 1.165) is 35.4 Å². The summed E-state index contributed by atoms with van der Waals surface area (Å²) in [5.74, 6) is 1.64. The predicted molar refractivity (Wildman–Crippen MR) is 104 cm³/mol. The van der Waals surface area contributed by atoms with Crippen molar-refractivity contribution in [3.63, 3.8) is 0 Å². The van der Waals surface area contributed by atoms with Crippen LogP contribution in [0.2, 0.25) is 5.02 Å². The molecule has 0 unspecified atom stereocenters. The molecule has 6 heteroatoms. The summed E-state index contributed by atoms with van der Waals surface area (Å²) in [7, 11) is 0. The lowest BCUT2D eigenvalue weighted by Gasteiger charge is -2.35. The first-order valence-corrected chi connectivity index (χ1v) is 9.03. The maximum atomic E-state index is 11.6. The molecule has 132 valence electrons. The van der Waals surface area contributed by atoms with Crippen LogP contribution in [0.25, 0.3) is 22.3 Å². The lowest BCUT2D eigenvalue weighted by molar-refractivity contribution is -0.129. The average Bonchev–Trinajstić information content (AvgIpc) is 2.67. The molecule has 0 atom stereocenters. The van der Waals surface area contributed by atoms with Crippen molar-refractivity contribution in [1.82, 2.24) is 14.9 Å². The Hall–Kier alpha value is -2.66. The highest BCUT2D eigenvalue weighted by atomic mass is 35.5. The van der Waals surface area contributed by atoms with Crippen LogP contribution in [-0.4, -0.2) is 47.0 Å². The number of nitrogens with zero attached hydrogens (tertiary/aromatic N) is 4. The zero-order chi connectivity index (χ0) is 18.1. The molecule has 0 N–H and O–H groups in total. The minimum atomic E-state index is 0.119. The van der Waals surface area contributed by atoms with E-state index in [4.69, 9.17) is 21.6 Å². The molecule has 0 spiro atoms. The Balaban J connectivity index is 1.79. The number of para-hydroxylation sites is 1. The third kappa shape index (κ3) is 3.10. The highest BCUT2D eigenvalue weighted by Crippen LogP contribution is 2.31. The highest BCUT2D eigenvalue weighted by molar-refractivity contribution is 6.33. The maximum absolute atomic E-state index is 11.6. The van der Waals surface area contributed by atoms with Crippen molar-refractivity contribution >= 4 is 34.2 Å². The minimum absolute atomic E-state index is 0.119. The molecule has 2 heterocycles. The van der Waals surface area contributed by atoms with Crippen LogP contribution in [0.3, 0.4) is 0 Å². The van der Waals surface area contributed by atoms with E-state index < -0.39 is 0 Å². The van der Waals surface area contributed by atoms with Gasteiger partial charge in [-0.25, -0.2) is 9.97 Å². The fraction of sp³-hybridized carbons (Fsp3) is 0.250. The van der Waals surface area contributed by atoms with Gasteiger partial charge >= 0.3 is 0 Å². The van der Waals surface area contributed by atoms with Gasteiger partial charge < -0.3 is 9.80 Å². The second-order valence-corrected chi connectivity index (χ2v) is 6.77. The Labute approximate surface area is 157 Å². The van der Waals surface area contributed by atoms with Crippen LogP contribution in [0.4, 0.5) is 5.82 Å². The Bertz CT molecular complexity index is 967. The first-order valence-electron chi connectivity index (χ1n) is 8.65. The summed E-state index contributed by atoms with van der Waals surface area (Å²) in [6.45, 7) is 4.53. The summed E-state index contributed by atoms with van der Waals surface area (Å²) in [6.07, 6.45) is 0. The van der Waals surface area contributed by atoms with E-state index in [1.165, 1.54) is 0 Å². The lowest BCUT2D eigenvalue weighted by atomic mass is 10.1. The van der Waals surface area contributed by atoms with Crippen LogP contribution >= 0.6 is 11.6 Å². The quantitative estimate of drug-likeness (QED) is 0.695. The van der Waals surface area contributed by atoms with Gasteiger partial charge in [-0.15, -0.1) is 0 Å². The molecule has 0 aliphatic carbocycles. The minimum Gasteiger partial charge on any atom is -0.352 e. The summed E-state index contributed by atoms with van der Waals surface area (Å²) in [5, 5.41) is 1.65. The topological polar surface area (TPSA) is 49.3 Å². The van der Waals surface area contributed by atoms with Gasteiger partial charge in [0.05, 0.1) is 10.5 Å². The van der Waals surface area contributed by atoms with E-state index in [1.807, 2.05) is 53.4 Å². The summed E-state index contributed by atoms with van der Waals surface area (Å²) >= 11 is 6.36. The van der Waals surface area contributed by atoms with Gasteiger partial charge in [0.15, 0.2) is 5.82 Å². The van der Waals surface area contributed by atoms with Crippen LogP contribution in [0.1, 0.15) is 6.92 Å². The molecular weight excluding hydrogens is 348 g/mol. The molecule has 1 saturated heterocycles. The summed E-state index contributed by atoms with van der Waals surface area (Å²) in [4.78, 5) is 25.3. The molecule has 0 saturated carbocycles. The second-order valence-electron chi connectivity index (χ2n) is 6.36. The van der Waals surface area contributed by atoms with Crippen LogP contribution in [0, 0.1) is 0 Å². The van der Waals surface area contributed by atoms with Gasteiger partial charge in [0, 0.05) is 44.1 Å². The Morgan fingerprint density at radius 2 is 1.65 bits per heavy atom. The maximum Gasteiger partial charge on any atom is 0.219 e. The molecule has 1 fully saturated rings. The summed E-state index contributed by atoms with van der Waals surface area (Å²) < 4.78 is 0. The molecule has 26 heavy (non-hydrogen) atoms. The van der Waals surface area contributed by atoms with Crippen LogP contribution in [-0.2, 0) is 4.79 Å². The van der Waals surface area contributed by atoms with E-state index in [9.17, 15) is 4.79 Å². The van der Waals surface area contributed by atoms with Crippen molar-refractivity contribution in [3.05, 3.63) is 53.6 Å². The van der Waals surface area contributed by atoms with Gasteiger partial charge in [-0.2, -0.15) is 0 Å². The molecule has 0 bridgehead atoms. The van der Waals surface area contributed by atoms with Crippen molar-refractivity contribution < 1.29 is 4.79 Å². The molecular formula is C20H19ClN4O. The molecule has 1 amide bonds. The van der Waals surface area contributed by atoms with E-state index in [0.29, 0.717) is 23.9 Å². The van der Waals surface area contributed by atoms with Crippen molar-refractivity contribution in [2.24, 2.45) is 0 Å². The molecule has 1 aliphatic rings. The van der Waals surface area contributed by atoms with Crippen molar-refractivity contribution in [2.75, 3.05) is 31.1 Å². The van der Waals surface area contributed by atoms with Crippen molar-refractivity contribution in [2.45, 2.75) is 6.92 Å². The number of halogens is 1. The fourth-order valence-corrected chi connectivity index (χ4v) is 3.52. The first-order chi connectivity index (χ1) is 12.6. The lowest BCUT2D eigenvalue weighted by Crippen LogP contribution is -2.48. The normalized spacial score (nSPS) is 14.7. The van der Waals surface area contributed by atoms with Gasteiger partial charge in [-0.05, 0) is 24.3 Å². The number of carbonyl (C=O) groups is 1. The summed E-state index contributed by atoms with van der Waals surface area (Å²) in [5.41, 5.74) is 1.71. The number of benzene rings is 2. The smallest absolute Gasteiger partial charge is 0.219 e. The van der Waals surface area contributed by atoms with Gasteiger partial charge in [-0.1, -0.05) is 35.9 Å². The molecule has 1 aliphatic heterocycles. The van der Waals surface area contributed by atoms with Crippen molar-refractivity contribution in [1.29, 1.82) is 0 Å². The number of rotatable bonds is 2. The predicted octanol–water partition coefficient (Wildman–Crippen LogP) is 3.62.